The van der Waals surface area contributed by atoms with E-state index in [1.165, 1.54) is 6.07 Å². The lowest BCUT2D eigenvalue weighted by Gasteiger charge is -2.22. The second kappa shape index (κ2) is 13.9. The lowest BCUT2D eigenvalue weighted by Crippen LogP contribution is -2.13. The molecule has 0 N–H and O–H groups in total. The van der Waals surface area contributed by atoms with E-state index in [0.717, 1.165) is 43.8 Å². The molecule has 0 unspecified atom stereocenters. The van der Waals surface area contributed by atoms with Gasteiger partial charge in [-0.1, -0.05) is 103 Å². The van der Waals surface area contributed by atoms with E-state index in [-0.39, 0.29) is 11.4 Å². The van der Waals surface area contributed by atoms with Crippen LogP contribution in [-0.4, -0.2) is 9.13 Å². The van der Waals surface area contributed by atoms with Crippen molar-refractivity contribution in [3.05, 3.63) is 198 Å². The Morgan fingerprint density at radius 2 is 1.02 bits per heavy atom. The van der Waals surface area contributed by atoms with Crippen LogP contribution in [0.1, 0.15) is 16.7 Å². The fourth-order valence-corrected chi connectivity index (χ4v) is 8.61. The lowest BCUT2D eigenvalue weighted by atomic mass is 9.97. The third-order valence-corrected chi connectivity index (χ3v) is 11.2. The van der Waals surface area contributed by atoms with Crippen LogP contribution in [0.25, 0.3) is 93.2 Å². The number of alkyl halides is 3. The van der Waals surface area contributed by atoms with Crippen LogP contribution in [0.5, 0.6) is 0 Å². The van der Waals surface area contributed by atoms with Crippen LogP contribution in [0.15, 0.2) is 170 Å². The van der Waals surface area contributed by atoms with Crippen LogP contribution in [-0.2, 0) is 6.18 Å². The molecule has 0 amide bonds. The lowest BCUT2D eigenvalue weighted by molar-refractivity contribution is -0.137. The Kier molecular flexibility index (Phi) is 8.35. The molecule has 5 nitrogen and oxygen atoms in total. The highest BCUT2D eigenvalue weighted by Gasteiger charge is 2.37. The molecule has 0 aliphatic rings. The van der Waals surface area contributed by atoms with Crippen molar-refractivity contribution in [2.75, 3.05) is 0 Å². The van der Waals surface area contributed by atoms with Crippen molar-refractivity contribution in [3.63, 3.8) is 0 Å². The van der Waals surface area contributed by atoms with Gasteiger partial charge in [-0.15, -0.1) is 0 Å². The van der Waals surface area contributed by atoms with Gasteiger partial charge in [0.05, 0.1) is 68.8 Å². The fourth-order valence-electron chi connectivity index (χ4n) is 8.61. The molecule has 282 valence electrons. The fraction of sp³-hybridized carbons (Fsp3) is 0.0192. The van der Waals surface area contributed by atoms with E-state index in [1.54, 1.807) is 47.0 Å². The number of benzene rings is 8. The van der Waals surface area contributed by atoms with Gasteiger partial charge in [0.15, 0.2) is 5.69 Å². The second-order valence-corrected chi connectivity index (χ2v) is 14.5. The summed E-state index contributed by atoms with van der Waals surface area (Å²) in [5.74, 6) is 0. The van der Waals surface area contributed by atoms with Crippen molar-refractivity contribution in [2.45, 2.75) is 6.18 Å². The van der Waals surface area contributed by atoms with E-state index in [1.807, 2.05) is 126 Å². The molecule has 0 aliphatic carbocycles. The van der Waals surface area contributed by atoms with Crippen LogP contribution in [0, 0.1) is 29.2 Å². The molecule has 0 fully saturated rings. The normalized spacial score (nSPS) is 11.5. The van der Waals surface area contributed by atoms with E-state index >= 15 is 13.2 Å². The average molecular weight is 780 g/mol. The Morgan fingerprint density at radius 1 is 0.467 bits per heavy atom. The number of hydrogen-bond donors (Lipinski definition) is 0. The number of halogens is 3. The minimum absolute atomic E-state index is 0.0706. The van der Waals surface area contributed by atoms with E-state index in [0.29, 0.717) is 50.0 Å². The summed E-state index contributed by atoms with van der Waals surface area (Å²) in [4.78, 5) is 3.73. The topological polar surface area (TPSA) is 61.8 Å². The molecule has 0 spiro atoms. The minimum atomic E-state index is -4.80. The molecule has 0 bridgehead atoms. The molecule has 0 saturated carbocycles. The summed E-state index contributed by atoms with van der Waals surface area (Å²) in [5, 5.41) is 23.0. The summed E-state index contributed by atoms with van der Waals surface area (Å²) in [6, 6.07) is 55.2. The summed E-state index contributed by atoms with van der Waals surface area (Å²) in [6.45, 7) is 7.76. The monoisotopic (exact) mass is 779 g/mol. The zero-order chi connectivity index (χ0) is 41.1. The van der Waals surface area contributed by atoms with Crippen molar-refractivity contribution in [1.82, 2.24) is 9.13 Å². The highest BCUT2D eigenvalue weighted by atomic mass is 19.4. The van der Waals surface area contributed by atoms with Gasteiger partial charge in [0, 0.05) is 27.1 Å². The third kappa shape index (κ3) is 5.69. The Morgan fingerprint density at radius 3 is 1.65 bits per heavy atom. The van der Waals surface area contributed by atoms with E-state index in [9.17, 15) is 10.5 Å². The highest BCUT2D eigenvalue weighted by molar-refractivity contribution is 6.12. The van der Waals surface area contributed by atoms with Gasteiger partial charge in [0.2, 0.25) is 0 Å². The summed E-state index contributed by atoms with van der Waals surface area (Å²) >= 11 is 0. The van der Waals surface area contributed by atoms with Crippen molar-refractivity contribution in [1.29, 1.82) is 10.5 Å². The summed E-state index contributed by atoms with van der Waals surface area (Å²) in [6.07, 6.45) is -4.80. The van der Waals surface area contributed by atoms with Crippen molar-refractivity contribution in [3.8, 4) is 56.9 Å². The maximum atomic E-state index is 15.9. The van der Waals surface area contributed by atoms with Gasteiger partial charge in [-0.25, -0.2) is 4.85 Å². The van der Waals surface area contributed by atoms with E-state index in [4.69, 9.17) is 6.57 Å². The Hall–Kier alpha value is -8.38. The molecule has 2 heterocycles. The molecule has 0 atom stereocenters. The Balaban J connectivity index is 1.30. The molecule has 10 rings (SSSR count). The highest BCUT2D eigenvalue weighted by Crippen LogP contribution is 2.46. The molecule has 60 heavy (non-hydrogen) atoms. The molecular weight excluding hydrogens is 752 g/mol. The number of para-hydroxylation sites is 3. The number of nitriles is 2. The molecule has 8 heteroatoms. The molecule has 0 radical (unpaired) electrons. The zero-order valence-electron chi connectivity index (χ0n) is 31.5. The summed E-state index contributed by atoms with van der Waals surface area (Å²) in [7, 11) is 0. The Bertz CT molecular complexity index is 3530. The van der Waals surface area contributed by atoms with Crippen molar-refractivity contribution >= 4 is 49.3 Å². The Labute approximate surface area is 342 Å². The largest absolute Gasteiger partial charge is 0.418 e. The maximum Gasteiger partial charge on any atom is 0.418 e. The second-order valence-electron chi connectivity index (χ2n) is 14.5. The summed E-state index contributed by atoms with van der Waals surface area (Å²) in [5.41, 5.74) is 7.41. The van der Waals surface area contributed by atoms with Crippen molar-refractivity contribution in [2.24, 2.45) is 0 Å². The predicted molar refractivity (Wildman–Crippen MR) is 232 cm³/mol. The number of nitrogens with zero attached hydrogens (tertiary/aromatic N) is 5. The number of hydrogen-bond acceptors (Lipinski definition) is 2. The van der Waals surface area contributed by atoms with Crippen LogP contribution in [0.2, 0.25) is 0 Å². The molecule has 10 aromatic rings. The average Bonchev–Trinajstić information content (AvgIpc) is 3.80. The molecular formula is C52H28F3N5. The van der Waals surface area contributed by atoms with Gasteiger partial charge >= 0.3 is 6.18 Å². The maximum absolute atomic E-state index is 15.9. The SMILES string of the molecule is [C-]#[N+]c1ccccc1-c1ccc2c(c1)c1ccccc1n2-c1cc(C(F)(F)F)c(-n2c3ccccc3c3cc(-c4ccccc4C#N)ccc32)cc1-c1cccc(C#N)c1. The number of aromatic nitrogens is 2. The first-order chi connectivity index (χ1) is 29.3. The van der Waals surface area contributed by atoms with E-state index in [2.05, 4.69) is 17.0 Å². The molecule has 8 aromatic carbocycles. The van der Waals surface area contributed by atoms with Crippen LogP contribution in [0.4, 0.5) is 18.9 Å². The van der Waals surface area contributed by atoms with Gasteiger partial charge in [-0.3, -0.25) is 0 Å². The first-order valence-corrected chi connectivity index (χ1v) is 19.1. The van der Waals surface area contributed by atoms with Gasteiger partial charge in [-0.05, 0) is 94.5 Å². The third-order valence-electron chi connectivity index (χ3n) is 11.2. The first kappa shape index (κ1) is 36.0. The molecule has 2 aromatic heterocycles. The van der Waals surface area contributed by atoms with Gasteiger partial charge in [-0.2, -0.15) is 23.7 Å². The minimum Gasteiger partial charge on any atom is -0.309 e. The van der Waals surface area contributed by atoms with Crippen molar-refractivity contribution < 1.29 is 13.2 Å². The van der Waals surface area contributed by atoms with Gasteiger partial charge in [0.1, 0.15) is 0 Å². The summed E-state index contributed by atoms with van der Waals surface area (Å²) < 4.78 is 51.2. The zero-order valence-corrected chi connectivity index (χ0v) is 31.5. The number of fused-ring (bicyclic) bond motifs is 6. The quantitative estimate of drug-likeness (QED) is 0.163. The van der Waals surface area contributed by atoms with Gasteiger partial charge < -0.3 is 9.13 Å². The van der Waals surface area contributed by atoms with Gasteiger partial charge in [0.25, 0.3) is 0 Å². The van der Waals surface area contributed by atoms with Crippen LogP contribution >= 0.6 is 0 Å². The first-order valence-electron chi connectivity index (χ1n) is 19.1. The van der Waals surface area contributed by atoms with Crippen LogP contribution < -0.4 is 0 Å². The standard InChI is InChI=1S/C52H28F3N5/c1-58-45-18-7-4-15-38(45)35-22-24-48-43(27-35)39-16-5-8-19-46(39)59(48)50-29-44(52(53,54)55)51(28-41(50)33-13-10-11-32(25-33)30-56)60-47-20-9-6-17-40(47)42-26-34(21-23-49(42)60)37-14-3-2-12-36(37)31-57/h2-29H. The number of rotatable bonds is 5. The smallest absolute Gasteiger partial charge is 0.309 e. The molecule has 0 aliphatic heterocycles. The molecule has 0 saturated heterocycles. The van der Waals surface area contributed by atoms with E-state index < -0.39 is 11.7 Å². The van der Waals surface area contributed by atoms with Crippen LogP contribution in [0.3, 0.4) is 0 Å². The predicted octanol–water partition coefficient (Wildman–Crippen LogP) is 14.2.